The van der Waals surface area contributed by atoms with Gasteiger partial charge in [-0.15, -0.1) is 0 Å². The summed E-state index contributed by atoms with van der Waals surface area (Å²) in [4.78, 5) is 13.5. The second kappa shape index (κ2) is 8.92. The Hall–Kier alpha value is -3.12. The summed E-state index contributed by atoms with van der Waals surface area (Å²) in [6.45, 7) is 8.36. The van der Waals surface area contributed by atoms with E-state index < -0.39 is 0 Å². The number of rotatable bonds is 6. The molecule has 0 atom stereocenters. The molecule has 150 valence electrons. The smallest absolute Gasteiger partial charge is 0.138 e. The molecule has 0 bridgehead atoms. The summed E-state index contributed by atoms with van der Waals surface area (Å²) in [5.74, 6) is 1.65. The molecule has 1 aliphatic heterocycles. The third-order valence-corrected chi connectivity index (χ3v) is 5.08. The zero-order chi connectivity index (χ0) is 20.1. The number of aryl methyl sites for hydroxylation is 1. The molecule has 0 spiro atoms. The highest BCUT2D eigenvalue weighted by atomic mass is 16.5. The molecule has 1 fully saturated rings. The third kappa shape index (κ3) is 4.49. The Labute approximate surface area is 172 Å². The molecule has 29 heavy (non-hydrogen) atoms. The van der Waals surface area contributed by atoms with Gasteiger partial charge in [-0.1, -0.05) is 24.3 Å². The predicted molar refractivity (Wildman–Crippen MR) is 119 cm³/mol. The minimum Gasteiger partial charge on any atom is -0.378 e. The fourth-order valence-electron chi connectivity index (χ4n) is 3.63. The van der Waals surface area contributed by atoms with E-state index in [0.717, 1.165) is 55.9 Å². The molecule has 0 radical (unpaired) electrons. The summed E-state index contributed by atoms with van der Waals surface area (Å²) in [6.07, 6.45) is 1.62. The van der Waals surface area contributed by atoms with Crippen molar-refractivity contribution < 1.29 is 4.74 Å². The van der Waals surface area contributed by atoms with Crippen molar-refractivity contribution >= 4 is 28.7 Å². The van der Waals surface area contributed by atoms with Crippen molar-refractivity contribution in [2.24, 2.45) is 0 Å². The average molecular weight is 390 g/mol. The number of ether oxygens (including phenoxy) is 1. The van der Waals surface area contributed by atoms with Crippen LogP contribution in [0.4, 0.5) is 28.7 Å². The second-order valence-corrected chi connectivity index (χ2v) is 7.09. The molecule has 1 aliphatic rings. The van der Waals surface area contributed by atoms with Crippen LogP contribution in [0.15, 0.2) is 60.9 Å². The van der Waals surface area contributed by atoms with Gasteiger partial charge in [-0.2, -0.15) is 0 Å². The molecule has 1 N–H and O–H groups in total. The highest BCUT2D eigenvalue weighted by molar-refractivity contribution is 5.75. The highest BCUT2D eigenvalue weighted by Gasteiger charge is 2.15. The Balaban J connectivity index is 1.60. The van der Waals surface area contributed by atoms with Crippen molar-refractivity contribution in [1.82, 2.24) is 9.97 Å². The van der Waals surface area contributed by atoms with Crippen LogP contribution in [0.25, 0.3) is 0 Å². The van der Waals surface area contributed by atoms with Crippen LogP contribution in [0.1, 0.15) is 12.5 Å². The molecule has 3 aromatic rings. The summed E-state index contributed by atoms with van der Waals surface area (Å²) in [6, 6.07) is 18.8. The normalized spacial score (nSPS) is 13.9. The van der Waals surface area contributed by atoms with Gasteiger partial charge in [-0.3, -0.25) is 0 Å². The Morgan fingerprint density at radius 2 is 1.86 bits per heavy atom. The Morgan fingerprint density at radius 1 is 1.03 bits per heavy atom. The van der Waals surface area contributed by atoms with Crippen LogP contribution >= 0.6 is 0 Å². The van der Waals surface area contributed by atoms with Gasteiger partial charge < -0.3 is 19.9 Å². The van der Waals surface area contributed by atoms with Crippen LogP contribution in [-0.4, -0.2) is 42.8 Å². The molecule has 1 saturated heterocycles. The number of nitrogens with zero attached hydrogens (tertiary/aromatic N) is 4. The quantitative estimate of drug-likeness (QED) is 0.669. The van der Waals surface area contributed by atoms with Gasteiger partial charge >= 0.3 is 0 Å². The SMILES string of the molecule is CCN(c1cccc(C)c1)c1cc(Nc2ccccc2N2CCOCC2)ncn1. The summed E-state index contributed by atoms with van der Waals surface area (Å²) >= 11 is 0. The molecule has 0 amide bonds. The molecular formula is C23H27N5O. The van der Waals surface area contributed by atoms with Crippen molar-refractivity contribution in [1.29, 1.82) is 0 Å². The van der Waals surface area contributed by atoms with E-state index in [9.17, 15) is 0 Å². The third-order valence-electron chi connectivity index (χ3n) is 5.08. The minimum absolute atomic E-state index is 0.758. The van der Waals surface area contributed by atoms with Gasteiger partial charge in [0.25, 0.3) is 0 Å². The maximum Gasteiger partial charge on any atom is 0.138 e. The van der Waals surface area contributed by atoms with Crippen LogP contribution < -0.4 is 15.1 Å². The number of morpholine rings is 1. The predicted octanol–water partition coefficient (Wildman–Crippen LogP) is 4.52. The maximum atomic E-state index is 5.50. The first kappa shape index (κ1) is 19.2. The van der Waals surface area contributed by atoms with E-state index >= 15 is 0 Å². The van der Waals surface area contributed by atoms with Crippen molar-refractivity contribution in [2.45, 2.75) is 13.8 Å². The first-order valence-electron chi connectivity index (χ1n) is 10.1. The molecule has 0 aliphatic carbocycles. The van der Waals surface area contributed by atoms with Crippen LogP contribution in [-0.2, 0) is 4.74 Å². The lowest BCUT2D eigenvalue weighted by molar-refractivity contribution is 0.123. The molecule has 6 heteroatoms. The Kier molecular flexibility index (Phi) is 5.91. The lowest BCUT2D eigenvalue weighted by Crippen LogP contribution is -2.36. The molecule has 1 aromatic heterocycles. The van der Waals surface area contributed by atoms with Gasteiger partial charge in [0.15, 0.2) is 0 Å². The molecule has 0 unspecified atom stereocenters. The van der Waals surface area contributed by atoms with Crippen LogP contribution in [0.3, 0.4) is 0 Å². The fourth-order valence-corrected chi connectivity index (χ4v) is 3.63. The van der Waals surface area contributed by atoms with E-state index in [4.69, 9.17) is 4.74 Å². The maximum absolute atomic E-state index is 5.50. The average Bonchev–Trinajstić information content (AvgIpc) is 2.76. The number of hydrogen-bond donors (Lipinski definition) is 1. The summed E-state index contributed by atoms with van der Waals surface area (Å²) in [7, 11) is 0. The molecule has 6 nitrogen and oxygen atoms in total. The van der Waals surface area contributed by atoms with Crippen LogP contribution in [0, 0.1) is 6.92 Å². The zero-order valence-electron chi connectivity index (χ0n) is 17.0. The van der Waals surface area contributed by atoms with E-state index in [1.54, 1.807) is 6.33 Å². The molecule has 2 aromatic carbocycles. The minimum atomic E-state index is 0.758. The summed E-state index contributed by atoms with van der Waals surface area (Å²) in [5.41, 5.74) is 4.57. The highest BCUT2D eigenvalue weighted by Crippen LogP contribution is 2.30. The van der Waals surface area contributed by atoms with Crippen LogP contribution in [0.2, 0.25) is 0 Å². The topological polar surface area (TPSA) is 53.5 Å². The monoisotopic (exact) mass is 389 g/mol. The first-order chi connectivity index (χ1) is 14.2. The van der Waals surface area contributed by atoms with E-state index in [2.05, 4.69) is 81.4 Å². The Morgan fingerprint density at radius 3 is 2.66 bits per heavy atom. The largest absolute Gasteiger partial charge is 0.378 e. The van der Waals surface area contributed by atoms with Gasteiger partial charge in [-0.05, 0) is 43.7 Å². The first-order valence-corrected chi connectivity index (χ1v) is 10.1. The lowest BCUT2D eigenvalue weighted by Gasteiger charge is -2.30. The molecule has 0 saturated carbocycles. The van der Waals surface area contributed by atoms with Gasteiger partial charge in [0.05, 0.1) is 24.6 Å². The van der Waals surface area contributed by atoms with Crippen molar-refractivity contribution in [3.05, 3.63) is 66.5 Å². The van der Waals surface area contributed by atoms with Gasteiger partial charge in [0.2, 0.25) is 0 Å². The van der Waals surface area contributed by atoms with Gasteiger partial charge in [0, 0.05) is 31.4 Å². The van der Waals surface area contributed by atoms with Crippen LogP contribution in [0.5, 0.6) is 0 Å². The number of hydrogen-bond acceptors (Lipinski definition) is 6. The van der Waals surface area contributed by atoms with Crippen molar-refractivity contribution in [3.63, 3.8) is 0 Å². The van der Waals surface area contributed by atoms with E-state index in [-0.39, 0.29) is 0 Å². The second-order valence-electron chi connectivity index (χ2n) is 7.09. The van der Waals surface area contributed by atoms with Crippen molar-refractivity contribution in [2.75, 3.05) is 48.0 Å². The summed E-state index contributed by atoms with van der Waals surface area (Å²) < 4.78 is 5.50. The summed E-state index contributed by atoms with van der Waals surface area (Å²) in [5, 5.41) is 3.49. The van der Waals surface area contributed by atoms with E-state index in [1.807, 2.05) is 12.1 Å². The number of nitrogens with one attached hydrogen (secondary N) is 1. The number of anilines is 5. The molecule has 2 heterocycles. The zero-order valence-corrected chi connectivity index (χ0v) is 17.0. The fraction of sp³-hybridized carbons (Fsp3) is 0.304. The molecular weight excluding hydrogens is 362 g/mol. The van der Waals surface area contributed by atoms with E-state index in [0.29, 0.717) is 0 Å². The standard InChI is InChI=1S/C23H27N5O/c1-3-28(19-8-6-7-18(2)15-19)23-16-22(24-17-25-23)26-20-9-4-5-10-21(20)27-11-13-29-14-12-27/h4-10,15-17H,3,11-14H2,1-2H3,(H,24,25,26). The van der Waals surface area contributed by atoms with Gasteiger partial charge in [-0.25, -0.2) is 9.97 Å². The van der Waals surface area contributed by atoms with E-state index in [1.165, 1.54) is 11.3 Å². The number of aromatic nitrogens is 2. The van der Waals surface area contributed by atoms with Crippen molar-refractivity contribution in [3.8, 4) is 0 Å². The Bertz CT molecular complexity index is 955. The lowest BCUT2D eigenvalue weighted by atomic mass is 10.2. The number of benzene rings is 2. The molecule has 4 rings (SSSR count). The van der Waals surface area contributed by atoms with Gasteiger partial charge in [0.1, 0.15) is 18.0 Å². The number of para-hydroxylation sites is 2.